The molecule has 0 aliphatic carbocycles. The Bertz CT molecular complexity index is 679. The lowest BCUT2D eigenvalue weighted by Crippen LogP contribution is -2.49. The largest absolute Gasteiger partial charge is 0.497 e. The Morgan fingerprint density at radius 3 is 2.76 bits per heavy atom. The lowest BCUT2D eigenvalue weighted by Gasteiger charge is -2.41. The number of ether oxygens (including phenoxy) is 2. The molecule has 0 amide bonds. The average molecular weight is 342 g/mol. The summed E-state index contributed by atoms with van der Waals surface area (Å²) in [5, 5.41) is 3.45. The summed E-state index contributed by atoms with van der Waals surface area (Å²) in [7, 11) is 1.68. The van der Waals surface area contributed by atoms with Crippen molar-refractivity contribution in [2.45, 2.75) is 24.9 Å². The van der Waals surface area contributed by atoms with E-state index in [1.165, 1.54) is 12.8 Å². The average Bonchev–Trinajstić information content (AvgIpc) is 3.19. The van der Waals surface area contributed by atoms with E-state index in [1.807, 2.05) is 18.3 Å². The van der Waals surface area contributed by atoms with Crippen LogP contribution >= 0.6 is 0 Å². The molecule has 0 spiro atoms. The summed E-state index contributed by atoms with van der Waals surface area (Å²) in [6.45, 7) is 4.70. The first kappa shape index (κ1) is 16.6. The molecule has 0 saturated carbocycles. The second-order valence-electron chi connectivity index (χ2n) is 6.72. The van der Waals surface area contributed by atoms with E-state index < -0.39 is 0 Å². The van der Waals surface area contributed by atoms with Crippen molar-refractivity contribution in [2.75, 3.05) is 40.0 Å². The zero-order valence-corrected chi connectivity index (χ0v) is 14.7. The van der Waals surface area contributed by atoms with Crippen molar-refractivity contribution in [3.8, 4) is 17.0 Å². The maximum Gasteiger partial charge on any atom is 0.126 e. The van der Waals surface area contributed by atoms with Crippen molar-refractivity contribution in [2.24, 2.45) is 0 Å². The van der Waals surface area contributed by atoms with Gasteiger partial charge in [-0.2, -0.15) is 0 Å². The molecule has 1 atom stereocenters. The zero-order valence-electron chi connectivity index (χ0n) is 14.7. The zero-order chi connectivity index (χ0) is 17.1. The van der Waals surface area contributed by atoms with E-state index in [0.29, 0.717) is 12.6 Å². The fourth-order valence-electron chi connectivity index (χ4n) is 3.85. The summed E-state index contributed by atoms with van der Waals surface area (Å²) in [5.74, 6) is 1.87. The number of aromatic nitrogens is 2. The molecule has 0 unspecified atom stereocenters. The predicted molar refractivity (Wildman–Crippen MR) is 96.7 cm³/mol. The molecule has 6 nitrogen and oxygen atoms in total. The van der Waals surface area contributed by atoms with Crippen LogP contribution in [-0.4, -0.2) is 60.9 Å². The van der Waals surface area contributed by atoms with Crippen molar-refractivity contribution < 1.29 is 9.47 Å². The monoisotopic (exact) mass is 342 g/mol. The van der Waals surface area contributed by atoms with Crippen LogP contribution in [0.2, 0.25) is 0 Å². The van der Waals surface area contributed by atoms with Crippen LogP contribution in [0.15, 0.2) is 30.5 Å². The molecular weight excluding hydrogens is 316 g/mol. The Hall–Kier alpha value is -1.89. The second-order valence-corrected chi connectivity index (χ2v) is 6.72. The molecule has 2 saturated heterocycles. The molecule has 1 aromatic heterocycles. The van der Waals surface area contributed by atoms with Gasteiger partial charge in [-0.05, 0) is 55.8 Å². The first-order valence-corrected chi connectivity index (χ1v) is 9.08. The minimum absolute atomic E-state index is 0.212. The molecule has 0 bridgehead atoms. The smallest absolute Gasteiger partial charge is 0.126 e. The Labute approximate surface area is 148 Å². The van der Waals surface area contributed by atoms with Crippen LogP contribution in [0.1, 0.15) is 24.7 Å². The van der Waals surface area contributed by atoms with E-state index in [1.54, 1.807) is 7.11 Å². The number of hydrogen-bond acceptors (Lipinski definition) is 5. The molecule has 25 heavy (non-hydrogen) atoms. The molecule has 2 aliphatic rings. The maximum absolute atomic E-state index is 5.77. The van der Waals surface area contributed by atoms with E-state index in [2.05, 4.69) is 32.3 Å². The molecule has 2 fully saturated rings. The first-order valence-electron chi connectivity index (χ1n) is 9.08. The standard InChI is InChI=1S/C19H26N4O2/c1-24-16-4-2-14(3-5-16)17-12-21-19(22-17)18-13-25-11-10-23(18)15-6-8-20-9-7-15/h2-5,12,15,18,20H,6-11,13H2,1H3,(H,21,22)/t18-/m0/s1. The van der Waals surface area contributed by atoms with Crippen molar-refractivity contribution in [3.05, 3.63) is 36.3 Å². The SMILES string of the molecule is COc1ccc(-c2cnc([C@@H]3COCCN3C3CCNCC3)[nH]2)cc1. The van der Waals surface area contributed by atoms with Crippen LogP contribution in [0.3, 0.4) is 0 Å². The lowest BCUT2D eigenvalue weighted by molar-refractivity contribution is -0.0387. The van der Waals surface area contributed by atoms with Gasteiger partial charge in [0.2, 0.25) is 0 Å². The molecular formula is C19H26N4O2. The molecule has 2 N–H and O–H groups in total. The van der Waals surface area contributed by atoms with Gasteiger partial charge in [0.1, 0.15) is 11.6 Å². The third kappa shape index (κ3) is 3.56. The van der Waals surface area contributed by atoms with Crippen molar-refractivity contribution in [1.82, 2.24) is 20.2 Å². The number of hydrogen-bond donors (Lipinski definition) is 2. The molecule has 3 heterocycles. The number of H-pyrrole nitrogens is 1. The predicted octanol–water partition coefficient (Wildman–Crippen LogP) is 2.21. The third-order valence-electron chi connectivity index (χ3n) is 5.26. The molecule has 134 valence electrons. The minimum Gasteiger partial charge on any atom is -0.497 e. The number of morpholine rings is 1. The molecule has 1 aromatic carbocycles. The molecule has 0 radical (unpaired) electrons. The van der Waals surface area contributed by atoms with Gasteiger partial charge in [-0.15, -0.1) is 0 Å². The van der Waals surface area contributed by atoms with Crippen LogP contribution in [0, 0.1) is 0 Å². The van der Waals surface area contributed by atoms with Crippen LogP contribution < -0.4 is 10.1 Å². The number of imidazole rings is 1. The summed E-state index contributed by atoms with van der Waals surface area (Å²) in [6, 6.07) is 8.88. The summed E-state index contributed by atoms with van der Waals surface area (Å²) in [6.07, 6.45) is 4.32. The van der Waals surface area contributed by atoms with Gasteiger partial charge in [0.15, 0.2) is 0 Å². The van der Waals surface area contributed by atoms with Crippen LogP contribution in [0.25, 0.3) is 11.3 Å². The van der Waals surface area contributed by atoms with Gasteiger partial charge in [0, 0.05) is 12.6 Å². The van der Waals surface area contributed by atoms with E-state index in [0.717, 1.165) is 49.1 Å². The number of methoxy groups -OCH3 is 1. The van der Waals surface area contributed by atoms with Gasteiger partial charge in [-0.1, -0.05) is 0 Å². The Balaban J connectivity index is 1.54. The quantitative estimate of drug-likeness (QED) is 0.892. The summed E-state index contributed by atoms with van der Waals surface area (Å²) >= 11 is 0. The van der Waals surface area contributed by atoms with Crippen LogP contribution in [0.5, 0.6) is 5.75 Å². The second kappa shape index (κ2) is 7.56. The Kier molecular flexibility index (Phi) is 5.01. The third-order valence-corrected chi connectivity index (χ3v) is 5.26. The number of piperidine rings is 1. The highest BCUT2D eigenvalue weighted by molar-refractivity contribution is 5.59. The van der Waals surface area contributed by atoms with Gasteiger partial charge in [0.25, 0.3) is 0 Å². The van der Waals surface area contributed by atoms with Crippen molar-refractivity contribution in [1.29, 1.82) is 0 Å². The maximum atomic E-state index is 5.77. The van der Waals surface area contributed by atoms with E-state index in [4.69, 9.17) is 9.47 Å². The number of rotatable bonds is 4. The topological polar surface area (TPSA) is 62.4 Å². The summed E-state index contributed by atoms with van der Waals surface area (Å²) in [5.41, 5.74) is 2.15. The summed E-state index contributed by atoms with van der Waals surface area (Å²) in [4.78, 5) is 10.8. The fourth-order valence-corrected chi connectivity index (χ4v) is 3.85. The molecule has 2 aromatic rings. The highest BCUT2D eigenvalue weighted by atomic mass is 16.5. The molecule has 2 aliphatic heterocycles. The van der Waals surface area contributed by atoms with E-state index in [9.17, 15) is 0 Å². The summed E-state index contributed by atoms with van der Waals surface area (Å²) < 4.78 is 11.0. The van der Waals surface area contributed by atoms with Crippen LogP contribution in [0.4, 0.5) is 0 Å². The molecule has 4 rings (SSSR count). The van der Waals surface area contributed by atoms with Crippen molar-refractivity contribution >= 4 is 0 Å². The Morgan fingerprint density at radius 1 is 1.20 bits per heavy atom. The van der Waals surface area contributed by atoms with Gasteiger partial charge in [-0.3, -0.25) is 4.90 Å². The van der Waals surface area contributed by atoms with E-state index >= 15 is 0 Å². The van der Waals surface area contributed by atoms with Crippen molar-refractivity contribution in [3.63, 3.8) is 0 Å². The van der Waals surface area contributed by atoms with Crippen LogP contribution in [-0.2, 0) is 4.74 Å². The number of aromatic amines is 1. The van der Waals surface area contributed by atoms with Gasteiger partial charge >= 0.3 is 0 Å². The fraction of sp³-hybridized carbons (Fsp3) is 0.526. The number of benzene rings is 1. The van der Waals surface area contributed by atoms with E-state index in [-0.39, 0.29) is 6.04 Å². The minimum atomic E-state index is 0.212. The normalized spacial score (nSPS) is 22.8. The Morgan fingerprint density at radius 2 is 2.00 bits per heavy atom. The number of nitrogens with zero attached hydrogens (tertiary/aromatic N) is 2. The highest BCUT2D eigenvalue weighted by Crippen LogP contribution is 2.29. The molecule has 6 heteroatoms. The lowest BCUT2D eigenvalue weighted by atomic mass is 10.0. The first-order chi connectivity index (χ1) is 12.3. The van der Waals surface area contributed by atoms with Gasteiger partial charge in [0.05, 0.1) is 38.3 Å². The highest BCUT2D eigenvalue weighted by Gasteiger charge is 2.32. The van der Waals surface area contributed by atoms with Gasteiger partial charge in [-0.25, -0.2) is 4.98 Å². The van der Waals surface area contributed by atoms with Gasteiger partial charge < -0.3 is 19.8 Å². The number of nitrogens with one attached hydrogen (secondary N) is 2.